The van der Waals surface area contributed by atoms with Crippen molar-refractivity contribution >= 4 is 12.8 Å². The van der Waals surface area contributed by atoms with Crippen molar-refractivity contribution in [2.75, 3.05) is 0 Å². The zero-order chi connectivity index (χ0) is 16.5. The number of rotatable bonds is 5. The number of benzene rings is 1. The minimum Gasteiger partial charge on any atom is -0.467 e. The topological polar surface area (TPSA) is 40.8 Å². The summed E-state index contributed by atoms with van der Waals surface area (Å²) >= 11 is 0. The molecule has 0 aliphatic carbocycles. The minimum atomic E-state index is -0.470. The molecule has 1 fully saturated rings. The fourth-order valence-electron chi connectivity index (χ4n) is 2.40. The van der Waals surface area contributed by atoms with E-state index >= 15 is 0 Å². The fraction of sp³-hybridized carbons (Fsp3) is 0.444. The van der Waals surface area contributed by atoms with Crippen LogP contribution in [0.25, 0.3) is 0 Å². The van der Waals surface area contributed by atoms with Crippen molar-refractivity contribution in [2.24, 2.45) is 0 Å². The quantitative estimate of drug-likeness (QED) is 0.794. The van der Waals surface area contributed by atoms with Crippen molar-refractivity contribution in [3.8, 4) is 0 Å². The second-order valence-corrected chi connectivity index (χ2v) is 6.87. The summed E-state index contributed by atoms with van der Waals surface area (Å²) in [5.41, 5.74) is 1.09. The number of hydrogen-bond donors (Lipinski definition) is 0. The van der Waals surface area contributed by atoms with Gasteiger partial charge in [-0.3, -0.25) is 0 Å². The van der Waals surface area contributed by atoms with Gasteiger partial charge < -0.3 is 18.5 Å². The Labute approximate surface area is 137 Å². The van der Waals surface area contributed by atoms with E-state index < -0.39 is 7.12 Å². The highest BCUT2D eigenvalue weighted by Crippen LogP contribution is 2.36. The van der Waals surface area contributed by atoms with Gasteiger partial charge in [-0.1, -0.05) is 30.3 Å². The lowest BCUT2D eigenvalue weighted by Crippen LogP contribution is -2.41. The highest BCUT2D eigenvalue weighted by atomic mass is 16.7. The zero-order valence-corrected chi connectivity index (χ0v) is 14.2. The first kappa shape index (κ1) is 16.3. The van der Waals surface area contributed by atoms with Crippen molar-refractivity contribution in [1.29, 1.82) is 0 Å². The molecule has 0 atom stereocenters. The molecule has 1 saturated heterocycles. The van der Waals surface area contributed by atoms with Gasteiger partial charge in [0, 0.05) is 0 Å². The van der Waals surface area contributed by atoms with E-state index in [1.54, 1.807) is 0 Å². The Kier molecular flexibility index (Phi) is 4.36. The van der Waals surface area contributed by atoms with Gasteiger partial charge in [0.25, 0.3) is 0 Å². The maximum absolute atomic E-state index is 5.98. The van der Waals surface area contributed by atoms with Crippen LogP contribution in [0.5, 0.6) is 0 Å². The van der Waals surface area contributed by atoms with E-state index in [9.17, 15) is 0 Å². The molecule has 0 spiro atoms. The number of hydrogen-bond acceptors (Lipinski definition) is 4. The predicted octanol–water partition coefficient (Wildman–Crippen LogP) is 3.30. The Morgan fingerprint density at radius 2 is 1.52 bits per heavy atom. The van der Waals surface area contributed by atoms with E-state index in [0.717, 1.165) is 11.3 Å². The fourth-order valence-corrected chi connectivity index (χ4v) is 2.40. The normalized spacial score (nSPS) is 19.2. The molecule has 0 saturated carbocycles. The van der Waals surface area contributed by atoms with Crippen LogP contribution >= 0.6 is 0 Å². The van der Waals surface area contributed by atoms with Gasteiger partial charge in [0.1, 0.15) is 18.0 Å². The maximum atomic E-state index is 5.98. The summed E-state index contributed by atoms with van der Waals surface area (Å²) < 4.78 is 23.5. The summed E-state index contributed by atoms with van der Waals surface area (Å²) in [7, 11) is -0.470. The Morgan fingerprint density at radius 1 is 0.870 bits per heavy atom. The zero-order valence-electron chi connectivity index (χ0n) is 14.2. The summed E-state index contributed by atoms with van der Waals surface area (Å²) in [5, 5.41) is 0. The molecule has 23 heavy (non-hydrogen) atoms. The lowest BCUT2D eigenvalue weighted by atomic mass is 9.86. The van der Waals surface area contributed by atoms with Gasteiger partial charge in [-0.05, 0) is 45.4 Å². The Hall–Kier alpha value is -1.56. The average molecular weight is 314 g/mol. The molecule has 2 heterocycles. The Bertz CT molecular complexity index is 632. The minimum absolute atomic E-state index is 0.367. The third-order valence-electron chi connectivity index (χ3n) is 4.52. The van der Waals surface area contributed by atoms with E-state index in [-0.39, 0.29) is 11.2 Å². The van der Waals surface area contributed by atoms with E-state index in [1.807, 2.05) is 70.2 Å². The highest BCUT2D eigenvalue weighted by molar-refractivity contribution is 6.60. The SMILES string of the molecule is CC1(C)OB(c2ccc(COCc3ccccc3)o2)OC1(C)C. The van der Waals surface area contributed by atoms with Crippen LogP contribution in [0, 0.1) is 0 Å². The van der Waals surface area contributed by atoms with Gasteiger partial charge in [0.05, 0.1) is 17.8 Å². The van der Waals surface area contributed by atoms with Crippen LogP contribution in [0.4, 0.5) is 0 Å². The first-order valence-corrected chi connectivity index (χ1v) is 7.93. The third kappa shape index (κ3) is 3.52. The molecule has 4 nitrogen and oxygen atoms in total. The van der Waals surface area contributed by atoms with E-state index in [4.69, 9.17) is 18.5 Å². The van der Waals surface area contributed by atoms with Gasteiger partial charge in [-0.2, -0.15) is 0 Å². The van der Waals surface area contributed by atoms with E-state index in [1.165, 1.54) is 0 Å². The summed E-state index contributed by atoms with van der Waals surface area (Å²) in [5.74, 6) is 0.769. The molecule has 5 heteroatoms. The summed E-state index contributed by atoms with van der Waals surface area (Å²) in [6, 6.07) is 13.9. The van der Waals surface area contributed by atoms with Crippen molar-refractivity contribution in [3.05, 3.63) is 53.8 Å². The highest BCUT2D eigenvalue weighted by Gasteiger charge is 2.53. The van der Waals surface area contributed by atoms with Crippen LogP contribution in [-0.2, 0) is 27.3 Å². The number of ether oxygens (including phenoxy) is 1. The predicted molar refractivity (Wildman–Crippen MR) is 89.4 cm³/mol. The van der Waals surface area contributed by atoms with Crippen LogP contribution in [0.2, 0.25) is 0 Å². The van der Waals surface area contributed by atoms with Crippen molar-refractivity contribution < 1.29 is 18.5 Å². The molecule has 0 bridgehead atoms. The van der Waals surface area contributed by atoms with E-state index in [2.05, 4.69) is 0 Å². The molecular weight excluding hydrogens is 291 g/mol. The van der Waals surface area contributed by atoms with Gasteiger partial charge >= 0.3 is 7.12 Å². The molecule has 0 amide bonds. The summed E-state index contributed by atoms with van der Waals surface area (Å²) in [6.07, 6.45) is 0. The summed E-state index contributed by atoms with van der Waals surface area (Å²) in [6.45, 7) is 9.10. The van der Waals surface area contributed by atoms with Gasteiger partial charge in [-0.25, -0.2) is 0 Å². The van der Waals surface area contributed by atoms with Gasteiger partial charge in [0.2, 0.25) is 0 Å². The van der Waals surface area contributed by atoms with Crippen molar-refractivity contribution in [1.82, 2.24) is 0 Å². The molecule has 0 N–H and O–H groups in total. The molecule has 3 rings (SSSR count). The monoisotopic (exact) mass is 314 g/mol. The molecule has 1 aliphatic rings. The molecule has 122 valence electrons. The molecule has 1 aromatic carbocycles. The largest absolute Gasteiger partial charge is 0.532 e. The Balaban J connectivity index is 1.57. The van der Waals surface area contributed by atoms with Crippen LogP contribution in [-0.4, -0.2) is 18.3 Å². The lowest BCUT2D eigenvalue weighted by molar-refractivity contribution is 0.00578. The van der Waals surface area contributed by atoms with Crippen LogP contribution in [0.15, 0.2) is 46.9 Å². The van der Waals surface area contributed by atoms with Crippen molar-refractivity contribution in [2.45, 2.75) is 52.1 Å². The second kappa shape index (κ2) is 6.15. The van der Waals surface area contributed by atoms with Gasteiger partial charge in [0.15, 0.2) is 0 Å². The van der Waals surface area contributed by atoms with Gasteiger partial charge in [-0.15, -0.1) is 0 Å². The molecular formula is C18H23BO4. The average Bonchev–Trinajstić information content (AvgIpc) is 3.03. The van der Waals surface area contributed by atoms with Crippen LogP contribution in [0.3, 0.4) is 0 Å². The molecule has 1 aliphatic heterocycles. The number of furan rings is 1. The molecule has 0 radical (unpaired) electrons. The second-order valence-electron chi connectivity index (χ2n) is 6.87. The lowest BCUT2D eigenvalue weighted by Gasteiger charge is -2.32. The first-order chi connectivity index (χ1) is 10.9. The summed E-state index contributed by atoms with van der Waals surface area (Å²) in [4.78, 5) is 0. The van der Waals surface area contributed by atoms with Crippen LogP contribution in [0.1, 0.15) is 39.0 Å². The first-order valence-electron chi connectivity index (χ1n) is 7.93. The van der Waals surface area contributed by atoms with Crippen LogP contribution < -0.4 is 5.66 Å². The van der Waals surface area contributed by atoms with E-state index in [0.29, 0.717) is 18.9 Å². The van der Waals surface area contributed by atoms with Crippen molar-refractivity contribution in [3.63, 3.8) is 0 Å². The smallest absolute Gasteiger partial charge is 0.467 e. The third-order valence-corrected chi connectivity index (χ3v) is 4.52. The Morgan fingerprint density at radius 3 is 2.17 bits per heavy atom. The maximum Gasteiger partial charge on any atom is 0.532 e. The molecule has 1 aromatic heterocycles. The molecule has 2 aromatic rings. The molecule has 0 unspecified atom stereocenters. The standard InChI is InChI=1S/C18H23BO4/c1-17(2)18(3,4)23-19(22-17)16-11-10-15(21-16)13-20-12-14-8-6-5-7-9-14/h5-11H,12-13H2,1-4H3.